The lowest BCUT2D eigenvalue weighted by molar-refractivity contribution is -0.137. The van der Waals surface area contributed by atoms with Crippen LogP contribution in [0.25, 0.3) is 0 Å². The molecule has 0 aliphatic heterocycles. The molecule has 1 rings (SSSR count). The van der Waals surface area contributed by atoms with Crippen molar-refractivity contribution in [2.75, 3.05) is 0 Å². The molecule has 0 amide bonds. The molecule has 0 radical (unpaired) electrons. The third kappa shape index (κ3) is 2.79. The van der Waals surface area contributed by atoms with E-state index in [2.05, 4.69) is 15.9 Å². The fraction of sp³-hybridized carbons (Fsp3) is 0.143. The Balaban J connectivity index is 3.28. The van der Waals surface area contributed by atoms with E-state index < -0.39 is 27.7 Å². The molecule has 0 aromatic heterocycles. The van der Waals surface area contributed by atoms with Gasteiger partial charge in [-0.3, -0.25) is 4.21 Å². The van der Waals surface area contributed by atoms with Crippen molar-refractivity contribution in [3.8, 4) is 0 Å². The zero-order valence-corrected chi connectivity index (χ0v) is 8.87. The predicted molar refractivity (Wildman–Crippen MR) is 46.3 cm³/mol. The van der Waals surface area contributed by atoms with Crippen molar-refractivity contribution in [3.63, 3.8) is 0 Å². The van der Waals surface area contributed by atoms with Gasteiger partial charge in [0.2, 0.25) is 0 Å². The van der Waals surface area contributed by atoms with Crippen LogP contribution in [0.1, 0.15) is 5.56 Å². The molecule has 0 aliphatic rings. The van der Waals surface area contributed by atoms with Crippen LogP contribution in [0.3, 0.4) is 0 Å². The first-order valence-corrected chi connectivity index (χ1v) is 5.14. The van der Waals surface area contributed by atoms with Crippen LogP contribution in [0, 0.1) is 0 Å². The van der Waals surface area contributed by atoms with Crippen LogP contribution in [-0.4, -0.2) is 8.76 Å². The van der Waals surface area contributed by atoms with Gasteiger partial charge in [-0.2, -0.15) is 13.2 Å². The molecule has 0 aliphatic carbocycles. The van der Waals surface area contributed by atoms with Gasteiger partial charge in [-0.1, -0.05) is 15.9 Å². The Kier molecular flexibility index (Phi) is 3.33. The summed E-state index contributed by atoms with van der Waals surface area (Å²) in [4.78, 5) is -0.397. The van der Waals surface area contributed by atoms with Gasteiger partial charge in [-0.05, 0) is 29.3 Å². The smallest absolute Gasteiger partial charge is 0.416 e. The maximum absolute atomic E-state index is 12.2. The summed E-state index contributed by atoms with van der Waals surface area (Å²) in [7, 11) is 0. The minimum Gasteiger partial charge on any atom is -0.768 e. The summed E-state index contributed by atoms with van der Waals surface area (Å²) >= 11 is 0.136. The third-order valence-corrected chi connectivity index (χ3v) is 2.47. The van der Waals surface area contributed by atoms with Crippen LogP contribution in [0.15, 0.2) is 27.6 Å². The Hall–Kier alpha value is -0.400. The summed E-state index contributed by atoms with van der Waals surface area (Å²) in [6.07, 6.45) is -4.54. The molecule has 0 spiro atoms. The van der Waals surface area contributed by atoms with Gasteiger partial charge in [0.25, 0.3) is 0 Å². The number of alkyl halides is 3. The lowest BCUT2D eigenvalue weighted by Gasteiger charge is -2.11. The Morgan fingerprint density at radius 2 is 1.86 bits per heavy atom. The van der Waals surface area contributed by atoms with E-state index in [1.807, 2.05) is 0 Å². The molecule has 0 N–H and O–H groups in total. The zero-order chi connectivity index (χ0) is 10.9. The van der Waals surface area contributed by atoms with Crippen molar-refractivity contribution in [3.05, 3.63) is 28.2 Å². The Morgan fingerprint density at radius 1 is 1.29 bits per heavy atom. The van der Waals surface area contributed by atoms with Gasteiger partial charge < -0.3 is 4.55 Å². The van der Waals surface area contributed by atoms with E-state index in [1.165, 1.54) is 0 Å². The number of benzene rings is 1. The van der Waals surface area contributed by atoms with E-state index in [4.69, 9.17) is 0 Å². The minimum atomic E-state index is -4.54. The lowest BCUT2D eigenvalue weighted by atomic mass is 10.2. The third-order valence-electron chi connectivity index (χ3n) is 1.39. The van der Waals surface area contributed by atoms with Crippen molar-refractivity contribution in [2.45, 2.75) is 11.1 Å². The van der Waals surface area contributed by atoms with E-state index in [-0.39, 0.29) is 4.47 Å². The van der Waals surface area contributed by atoms with Crippen molar-refractivity contribution < 1.29 is 21.9 Å². The first-order valence-electron chi connectivity index (χ1n) is 3.28. The summed E-state index contributed by atoms with van der Waals surface area (Å²) in [6, 6.07) is 2.49. The maximum atomic E-state index is 12.2. The van der Waals surface area contributed by atoms with Gasteiger partial charge in [0.1, 0.15) is 0 Å². The quantitative estimate of drug-likeness (QED) is 0.745. The van der Waals surface area contributed by atoms with Gasteiger partial charge >= 0.3 is 6.18 Å². The monoisotopic (exact) mass is 287 g/mol. The van der Waals surface area contributed by atoms with Crippen LogP contribution in [0.2, 0.25) is 0 Å². The Labute approximate surface area is 88.5 Å². The van der Waals surface area contributed by atoms with E-state index in [0.717, 1.165) is 12.1 Å². The molecule has 0 saturated carbocycles. The summed E-state index contributed by atoms with van der Waals surface area (Å²) in [5, 5.41) is 0. The van der Waals surface area contributed by atoms with Crippen molar-refractivity contribution in [2.24, 2.45) is 0 Å². The van der Waals surface area contributed by atoms with Crippen LogP contribution in [0.4, 0.5) is 13.2 Å². The maximum Gasteiger partial charge on any atom is 0.416 e. The normalized spacial score (nSPS) is 14.1. The van der Waals surface area contributed by atoms with E-state index in [1.54, 1.807) is 0 Å². The highest BCUT2D eigenvalue weighted by Crippen LogP contribution is 2.32. The molecular formula is C7H3BrF3O2S-. The van der Waals surface area contributed by atoms with E-state index >= 15 is 0 Å². The lowest BCUT2D eigenvalue weighted by Crippen LogP contribution is -2.06. The van der Waals surface area contributed by atoms with E-state index in [9.17, 15) is 21.9 Å². The highest BCUT2D eigenvalue weighted by atomic mass is 79.9. The molecule has 14 heavy (non-hydrogen) atoms. The molecule has 1 atom stereocenters. The Bertz CT molecular complexity index is 378. The molecule has 2 nitrogen and oxygen atoms in total. The van der Waals surface area contributed by atoms with Gasteiger partial charge in [-0.15, -0.1) is 0 Å². The average molecular weight is 288 g/mol. The van der Waals surface area contributed by atoms with Crippen LogP contribution in [0.5, 0.6) is 0 Å². The second kappa shape index (κ2) is 4.00. The van der Waals surface area contributed by atoms with Crippen LogP contribution >= 0.6 is 15.9 Å². The zero-order valence-electron chi connectivity index (χ0n) is 6.47. The first kappa shape index (κ1) is 11.7. The molecule has 7 heteroatoms. The second-order valence-electron chi connectivity index (χ2n) is 2.41. The van der Waals surface area contributed by atoms with E-state index in [0.29, 0.717) is 6.07 Å². The van der Waals surface area contributed by atoms with Crippen LogP contribution in [-0.2, 0) is 17.3 Å². The van der Waals surface area contributed by atoms with Crippen molar-refractivity contribution in [1.29, 1.82) is 0 Å². The number of rotatable bonds is 1. The molecule has 0 saturated heterocycles. The molecule has 1 aromatic rings. The molecule has 0 bridgehead atoms. The van der Waals surface area contributed by atoms with Gasteiger partial charge in [0.05, 0.1) is 5.56 Å². The van der Waals surface area contributed by atoms with Crippen molar-refractivity contribution >= 4 is 27.0 Å². The minimum absolute atomic E-state index is 0.0755. The number of hydrogen-bond acceptors (Lipinski definition) is 2. The van der Waals surface area contributed by atoms with Crippen LogP contribution < -0.4 is 0 Å². The SMILES string of the molecule is O=S([O-])c1cc(Br)cc(C(F)(F)F)c1. The highest BCUT2D eigenvalue weighted by molar-refractivity contribution is 9.10. The summed E-state index contributed by atoms with van der Waals surface area (Å²) in [5.74, 6) is 0. The molecule has 0 heterocycles. The molecule has 78 valence electrons. The largest absolute Gasteiger partial charge is 0.768 e. The molecular weight excluding hydrogens is 285 g/mol. The summed E-state index contributed by atoms with van der Waals surface area (Å²) in [6.45, 7) is 0. The number of hydrogen-bond donors (Lipinski definition) is 0. The van der Waals surface area contributed by atoms with Gasteiger partial charge in [0, 0.05) is 9.37 Å². The standard InChI is InChI=1S/C7H4BrF3O2S/c8-5-1-4(7(9,10)11)2-6(3-5)14(12)13/h1-3H,(H,12,13)/p-1. The second-order valence-corrected chi connectivity index (χ2v) is 4.26. The first-order chi connectivity index (χ1) is 6.30. The van der Waals surface area contributed by atoms with Gasteiger partial charge in [0.15, 0.2) is 0 Å². The molecule has 1 unspecified atom stereocenters. The fourth-order valence-electron chi connectivity index (χ4n) is 0.823. The summed E-state index contributed by atoms with van der Waals surface area (Å²) in [5.41, 5.74) is -0.994. The van der Waals surface area contributed by atoms with Gasteiger partial charge in [-0.25, -0.2) is 0 Å². The molecule has 0 fully saturated rings. The summed E-state index contributed by atoms with van der Waals surface area (Å²) < 4.78 is 57.5. The van der Waals surface area contributed by atoms with Crippen molar-refractivity contribution in [1.82, 2.24) is 0 Å². The highest BCUT2D eigenvalue weighted by Gasteiger charge is 2.31. The topological polar surface area (TPSA) is 40.1 Å². The number of halogens is 4. The predicted octanol–water partition coefficient (Wildman–Crippen LogP) is 2.71. The fourth-order valence-corrected chi connectivity index (χ4v) is 1.91. The average Bonchev–Trinajstić information content (AvgIpc) is 2.01. The Morgan fingerprint density at radius 3 is 2.29 bits per heavy atom. The molecule has 1 aromatic carbocycles.